The summed E-state index contributed by atoms with van der Waals surface area (Å²) in [5, 5.41) is 2.01. The van der Waals surface area contributed by atoms with E-state index in [1.165, 1.54) is 0 Å². The highest BCUT2D eigenvalue weighted by molar-refractivity contribution is 7.09. The quantitative estimate of drug-likeness (QED) is 0.810. The Balaban J connectivity index is 1.47. The van der Waals surface area contributed by atoms with Gasteiger partial charge in [0.1, 0.15) is 0 Å². The number of ether oxygens (including phenoxy) is 2. The van der Waals surface area contributed by atoms with Gasteiger partial charge in [-0.3, -0.25) is 9.59 Å². The van der Waals surface area contributed by atoms with E-state index in [1.54, 1.807) is 28.4 Å². The van der Waals surface area contributed by atoms with Gasteiger partial charge in [-0.15, -0.1) is 11.3 Å². The van der Waals surface area contributed by atoms with Crippen molar-refractivity contribution < 1.29 is 19.1 Å². The first-order valence-electron chi connectivity index (χ1n) is 8.67. The van der Waals surface area contributed by atoms with E-state index in [4.69, 9.17) is 9.47 Å². The summed E-state index contributed by atoms with van der Waals surface area (Å²) in [5.41, 5.74) is 0.746. The molecule has 4 rings (SSSR count). The third-order valence-electron chi connectivity index (χ3n) is 4.76. The first kappa shape index (κ1) is 16.9. The fourth-order valence-electron chi connectivity index (χ4n) is 3.37. The molecular formula is C19H20N2O4S. The van der Waals surface area contributed by atoms with Crippen molar-refractivity contribution >= 4 is 28.8 Å². The smallest absolute Gasteiger partial charge is 0.231 e. The second-order valence-electron chi connectivity index (χ2n) is 6.37. The number of fused-ring (bicyclic) bond motifs is 1. The SMILES string of the molecule is CCN(Cc1cccs1)C(=O)[C@H]1CC(=O)N(c2ccc3c(c2)OCO3)C1. The average Bonchev–Trinajstić information content (AvgIpc) is 3.39. The number of carbonyl (C=O) groups is 2. The Morgan fingerprint density at radius 2 is 2.15 bits per heavy atom. The Hall–Kier alpha value is -2.54. The fourth-order valence-corrected chi connectivity index (χ4v) is 4.09. The molecule has 0 spiro atoms. The molecule has 0 bridgehead atoms. The Bertz CT molecular complexity index is 821. The number of anilines is 1. The molecule has 0 unspecified atom stereocenters. The molecule has 2 aliphatic heterocycles. The predicted molar refractivity (Wildman–Crippen MR) is 98.4 cm³/mol. The second-order valence-corrected chi connectivity index (χ2v) is 7.41. The maximum atomic E-state index is 12.9. The molecule has 1 aromatic heterocycles. The number of nitrogens with zero attached hydrogens (tertiary/aromatic N) is 2. The summed E-state index contributed by atoms with van der Waals surface area (Å²) in [6.07, 6.45) is 0.244. The van der Waals surface area contributed by atoms with Gasteiger partial charge in [0.05, 0.1) is 12.5 Å². The number of benzene rings is 1. The third kappa shape index (κ3) is 3.14. The van der Waals surface area contributed by atoms with Crippen LogP contribution in [0.15, 0.2) is 35.7 Å². The lowest BCUT2D eigenvalue weighted by Gasteiger charge is -2.24. The summed E-state index contributed by atoms with van der Waals surface area (Å²) >= 11 is 1.64. The van der Waals surface area contributed by atoms with Crippen LogP contribution in [0.25, 0.3) is 0 Å². The number of thiophene rings is 1. The van der Waals surface area contributed by atoms with Gasteiger partial charge in [-0.2, -0.15) is 0 Å². The fraction of sp³-hybridized carbons (Fsp3) is 0.368. The minimum absolute atomic E-state index is 0.0330. The molecule has 2 aromatic rings. The van der Waals surface area contributed by atoms with Crippen molar-refractivity contribution in [3.63, 3.8) is 0 Å². The summed E-state index contributed by atoms with van der Waals surface area (Å²) in [6, 6.07) is 9.45. The Labute approximate surface area is 155 Å². The summed E-state index contributed by atoms with van der Waals surface area (Å²) < 4.78 is 10.7. The maximum absolute atomic E-state index is 12.9. The van der Waals surface area contributed by atoms with Crippen LogP contribution in [0.5, 0.6) is 11.5 Å². The van der Waals surface area contributed by atoms with E-state index in [1.807, 2.05) is 35.4 Å². The van der Waals surface area contributed by atoms with Gasteiger partial charge in [-0.25, -0.2) is 0 Å². The van der Waals surface area contributed by atoms with Crippen LogP contribution in [-0.2, 0) is 16.1 Å². The van der Waals surface area contributed by atoms with Crippen LogP contribution in [-0.4, -0.2) is 36.6 Å². The zero-order valence-electron chi connectivity index (χ0n) is 14.5. The number of carbonyl (C=O) groups excluding carboxylic acids is 2. The van der Waals surface area contributed by atoms with Gasteiger partial charge in [-0.1, -0.05) is 6.07 Å². The summed E-state index contributed by atoms with van der Waals surface area (Å²) in [7, 11) is 0. The van der Waals surface area contributed by atoms with Crippen molar-refractivity contribution in [3.8, 4) is 11.5 Å². The van der Waals surface area contributed by atoms with Crippen LogP contribution in [0.4, 0.5) is 5.69 Å². The van der Waals surface area contributed by atoms with E-state index in [2.05, 4.69) is 0 Å². The molecule has 6 nitrogen and oxygen atoms in total. The van der Waals surface area contributed by atoms with E-state index in [9.17, 15) is 9.59 Å². The van der Waals surface area contributed by atoms with Crippen molar-refractivity contribution in [1.29, 1.82) is 0 Å². The number of amides is 2. The van der Waals surface area contributed by atoms with E-state index in [0.29, 0.717) is 31.1 Å². The van der Waals surface area contributed by atoms with E-state index in [-0.39, 0.29) is 30.9 Å². The molecule has 2 aliphatic rings. The topological polar surface area (TPSA) is 59.1 Å². The van der Waals surface area contributed by atoms with Gasteiger partial charge in [0.15, 0.2) is 11.5 Å². The van der Waals surface area contributed by atoms with Crippen molar-refractivity contribution in [1.82, 2.24) is 4.90 Å². The largest absolute Gasteiger partial charge is 0.454 e. The van der Waals surface area contributed by atoms with E-state index < -0.39 is 0 Å². The highest BCUT2D eigenvalue weighted by Gasteiger charge is 2.37. The Morgan fingerprint density at radius 1 is 1.31 bits per heavy atom. The van der Waals surface area contributed by atoms with Gasteiger partial charge < -0.3 is 19.3 Å². The lowest BCUT2D eigenvalue weighted by Crippen LogP contribution is -2.36. The van der Waals surface area contributed by atoms with Gasteiger partial charge in [-0.05, 0) is 30.5 Å². The first-order chi connectivity index (χ1) is 12.7. The number of rotatable bonds is 5. The minimum Gasteiger partial charge on any atom is -0.454 e. The minimum atomic E-state index is -0.312. The maximum Gasteiger partial charge on any atom is 0.231 e. The van der Waals surface area contributed by atoms with Crippen LogP contribution in [0.1, 0.15) is 18.2 Å². The van der Waals surface area contributed by atoms with Gasteiger partial charge in [0.2, 0.25) is 18.6 Å². The lowest BCUT2D eigenvalue weighted by atomic mass is 10.1. The molecule has 1 fully saturated rings. The number of hydrogen-bond acceptors (Lipinski definition) is 5. The standard InChI is InChI=1S/C19H20N2O4S/c1-2-20(11-15-4-3-7-26-15)19(23)13-8-18(22)21(10-13)14-5-6-16-17(9-14)25-12-24-16/h3-7,9,13H,2,8,10-12H2,1H3/t13-/m0/s1. The summed E-state index contributed by atoms with van der Waals surface area (Å²) in [6.45, 7) is 3.80. The monoisotopic (exact) mass is 372 g/mol. The Morgan fingerprint density at radius 3 is 2.92 bits per heavy atom. The molecule has 3 heterocycles. The summed E-state index contributed by atoms with van der Waals surface area (Å²) in [4.78, 5) is 30.1. The average molecular weight is 372 g/mol. The second kappa shape index (κ2) is 6.99. The predicted octanol–water partition coefficient (Wildman–Crippen LogP) is 2.88. The zero-order valence-corrected chi connectivity index (χ0v) is 15.3. The third-order valence-corrected chi connectivity index (χ3v) is 5.62. The number of hydrogen-bond donors (Lipinski definition) is 0. The van der Waals surface area contributed by atoms with Crippen molar-refractivity contribution in [2.45, 2.75) is 19.9 Å². The molecule has 26 heavy (non-hydrogen) atoms. The van der Waals surface area contributed by atoms with Crippen LogP contribution in [0.3, 0.4) is 0 Å². The molecule has 0 saturated carbocycles. The highest BCUT2D eigenvalue weighted by atomic mass is 32.1. The molecule has 0 radical (unpaired) electrons. The van der Waals surface area contributed by atoms with Gasteiger partial charge >= 0.3 is 0 Å². The van der Waals surface area contributed by atoms with E-state index >= 15 is 0 Å². The van der Waals surface area contributed by atoms with Crippen molar-refractivity contribution in [2.24, 2.45) is 5.92 Å². The summed E-state index contributed by atoms with van der Waals surface area (Å²) in [5.74, 6) is 1.01. The van der Waals surface area contributed by atoms with Crippen molar-refractivity contribution in [2.75, 3.05) is 24.8 Å². The van der Waals surface area contributed by atoms with Gasteiger partial charge in [0, 0.05) is 36.1 Å². The zero-order chi connectivity index (χ0) is 18.1. The van der Waals surface area contributed by atoms with Crippen LogP contribution >= 0.6 is 11.3 Å². The normalized spacial score (nSPS) is 18.4. The molecule has 1 aromatic carbocycles. The molecule has 0 aliphatic carbocycles. The highest BCUT2D eigenvalue weighted by Crippen LogP contribution is 2.37. The molecular weight excluding hydrogens is 352 g/mol. The van der Waals surface area contributed by atoms with Gasteiger partial charge in [0.25, 0.3) is 0 Å². The molecule has 1 saturated heterocycles. The van der Waals surface area contributed by atoms with Crippen molar-refractivity contribution in [3.05, 3.63) is 40.6 Å². The van der Waals surface area contributed by atoms with Crippen LogP contribution < -0.4 is 14.4 Å². The molecule has 2 amide bonds. The molecule has 0 N–H and O–H groups in total. The first-order valence-corrected chi connectivity index (χ1v) is 9.55. The van der Waals surface area contributed by atoms with E-state index in [0.717, 1.165) is 10.6 Å². The lowest BCUT2D eigenvalue weighted by molar-refractivity contribution is -0.136. The van der Waals surface area contributed by atoms with Crippen LogP contribution in [0, 0.1) is 5.92 Å². The molecule has 7 heteroatoms. The molecule has 136 valence electrons. The molecule has 1 atom stereocenters. The Kier molecular flexibility index (Phi) is 4.55. The van der Waals surface area contributed by atoms with Crippen LogP contribution in [0.2, 0.25) is 0 Å².